The Labute approximate surface area is 246 Å². The minimum Gasteiger partial charge on any atom is -0.497 e. The molecule has 0 aliphatic heterocycles. The summed E-state index contributed by atoms with van der Waals surface area (Å²) < 4.78 is 5.05. The Balaban J connectivity index is 0.000000231. The maximum atomic E-state index is 11.8. The molecule has 216 valence electrons. The Hall–Kier alpha value is -5.55. The number of aromatic carboxylic acids is 2. The molecular weight excluding hydrogens is 564 g/mol. The van der Waals surface area contributed by atoms with Crippen molar-refractivity contribution in [3.05, 3.63) is 119 Å². The van der Waals surface area contributed by atoms with Gasteiger partial charge in [-0.2, -0.15) is 0 Å². The maximum absolute atomic E-state index is 11.8. The Kier molecular flexibility index (Phi) is 11.3. The second kappa shape index (κ2) is 15.3. The summed E-state index contributed by atoms with van der Waals surface area (Å²) in [5.74, 6) is -1.46. The molecule has 6 N–H and O–H groups in total. The first kappa shape index (κ1) is 31.0. The molecule has 0 bridgehead atoms. The van der Waals surface area contributed by atoms with E-state index in [9.17, 15) is 19.2 Å². The van der Waals surface area contributed by atoms with E-state index in [2.05, 4.69) is 21.3 Å². The van der Waals surface area contributed by atoms with Crippen LogP contribution in [0.2, 0.25) is 5.02 Å². The average Bonchev–Trinajstić information content (AvgIpc) is 2.98. The van der Waals surface area contributed by atoms with Gasteiger partial charge in [-0.1, -0.05) is 48.0 Å². The number of hydrogen-bond acceptors (Lipinski definition) is 5. The second-order valence-corrected chi connectivity index (χ2v) is 8.88. The first-order valence-electron chi connectivity index (χ1n) is 12.3. The van der Waals surface area contributed by atoms with Crippen LogP contribution in [-0.2, 0) is 6.54 Å². The van der Waals surface area contributed by atoms with Crippen molar-refractivity contribution in [1.82, 2.24) is 5.32 Å². The largest absolute Gasteiger partial charge is 0.497 e. The normalized spacial score (nSPS) is 9.86. The lowest BCUT2D eigenvalue weighted by atomic mass is 10.2. The fourth-order valence-electron chi connectivity index (χ4n) is 3.47. The average molecular weight is 591 g/mol. The minimum absolute atomic E-state index is 0.0266. The molecule has 0 radical (unpaired) electrons. The smallest absolute Gasteiger partial charge is 0.337 e. The van der Waals surface area contributed by atoms with E-state index in [1.54, 1.807) is 67.8 Å². The number of carbonyl (C=O) groups is 4. The van der Waals surface area contributed by atoms with E-state index in [1.807, 2.05) is 12.1 Å². The molecule has 4 aromatic carbocycles. The van der Waals surface area contributed by atoms with E-state index < -0.39 is 24.0 Å². The number of carboxylic acids is 2. The summed E-state index contributed by atoms with van der Waals surface area (Å²) in [4.78, 5) is 45.7. The van der Waals surface area contributed by atoms with Gasteiger partial charge in [-0.3, -0.25) is 0 Å². The lowest BCUT2D eigenvalue weighted by Crippen LogP contribution is -2.28. The van der Waals surface area contributed by atoms with Crippen molar-refractivity contribution in [2.75, 3.05) is 23.1 Å². The van der Waals surface area contributed by atoms with Crippen molar-refractivity contribution >= 4 is 52.7 Å². The molecule has 0 saturated carbocycles. The molecule has 12 heteroatoms. The van der Waals surface area contributed by atoms with Crippen LogP contribution in [0.5, 0.6) is 5.75 Å². The van der Waals surface area contributed by atoms with E-state index >= 15 is 0 Å². The summed E-state index contributed by atoms with van der Waals surface area (Å²) in [6.45, 7) is 0.324. The minimum atomic E-state index is -1.10. The highest BCUT2D eigenvalue weighted by Crippen LogP contribution is 2.18. The number of nitrogens with one attached hydrogen (secondary N) is 4. The summed E-state index contributed by atoms with van der Waals surface area (Å²) in [6, 6.07) is 25.2. The van der Waals surface area contributed by atoms with E-state index in [1.165, 1.54) is 24.3 Å². The van der Waals surface area contributed by atoms with Crippen LogP contribution in [0.15, 0.2) is 97.1 Å². The summed E-state index contributed by atoms with van der Waals surface area (Å²) in [6.07, 6.45) is 0. The molecule has 0 aliphatic rings. The van der Waals surface area contributed by atoms with Gasteiger partial charge in [0.15, 0.2) is 0 Å². The summed E-state index contributed by atoms with van der Waals surface area (Å²) in [7, 11) is 1.58. The van der Waals surface area contributed by atoms with Gasteiger partial charge in [0, 0.05) is 17.3 Å². The van der Waals surface area contributed by atoms with Gasteiger partial charge in [-0.25, -0.2) is 19.2 Å². The molecule has 0 spiro atoms. The van der Waals surface area contributed by atoms with Gasteiger partial charge < -0.3 is 36.2 Å². The van der Waals surface area contributed by atoms with Crippen LogP contribution in [0.3, 0.4) is 0 Å². The summed E-state index contributed by atoms with van der Waals surface area (Å²) in [5.41, 5.74) is 2.01. The predicted octanol–water partition coefficient (Wildman–Crippen LogP) is 6.40. The quantitative estimate of drug-likeness (QED) is 0.138. The van der Waals surface area contributed by atoms with Crippen LogP contribution in [0, 0.1) is 0 Å². The lowest BCUT2D eigenvalue weighted by Gasteiger charge is -2.10. The molecule has 0 heterocycles. The van der Waals surface area contributed by atoms with Gasteiger partial charge in [0.05, 0.1) is 29.6 Å². The number of anilines is 3. The molecule has 0 atom stereocenters. The third kappa shape index (κ3) is 9.57. The van der Waals surface area contributed by atoms with Crippen LogP contribution < -0.4 is 26.0 Å². The summed E-state index contributed by atoms with van der Waals surface area (Å²) >= 11 is 5.74. The molecule has 4 amide bonds. The van der Waals surface area contributed by atoms with Crippen LogP contribution in [-0.4, -0.2) is 41.3 Å². The first-order chi connectivity index (χ1) is 20.2. The van der Waals surface area contributed by atoms with E-state index in [0.717, 1.165) is 11.3 Å². The number of para-hydroxylation sites is 2. The highest BCUT2D eigenvalue weighted by Gasteiger charge is 2.12. The molecule has 0 aromatic heterocycles. The summed E-state index contributed by atoms with van der Waals surface area (Å²) in [5, 5.41) is 28.9. The zero-order chi connectivity index (χ0) is 30.5. The molecule has 4 rings (SSSR count). The Morgan fingerprint density at radius 3 is 1.67 bits per heavy atom. The lowest BCUT2D eigenvalue weighted by molar-refractivity contribution is 0.0687. The van der Waals surface area contributed by atoms with Crippen molar-refractivity contribution in [2.45, 2.75) is 6.54 Å². The number of urea groups is 2. The van der Waals surface area contributed by atoms with Crippen molar-refractivity contribution in [1.29, 1.82) is 0 Å². The van der Waals surface area contributed by atoms with Crippen LogP contribution in [0.25, 0.3) is 0 Å². The Bertz CT molecular complexity index is 1540. The van der Waals surface area contributed by atoms with Gasteiger partial charge in [-0.05, 0) is 66.2 Å². The number of amides is 4. The zero-order valence-corrected chi connectivity index (χ0v) is 23.0. The molecule has 0 unspecified atom stereocenters. The fraction of sp³-hybridized carbons (Fsp3) is 0.0667. The Morgan fingerprint density at radius 1 is 0.667 bits per heavy atom. The number of ether oxygens (including phenoxy) is 1. The SMILES string of the molecule is COc1ccc(CNC(=O)Nc2ccccc2C(=O)O)cc1.O=C(Nc1ccc(Cl)cc1)Nc1ccccc1C(=O)O. The van der Waals surface area contributed by atoms with Crippen LogP contribution >= 0.6 is 11.6 Å². The van der Waals surface area contributed by atoms with Crippen molar-refractivity contribution < 1.29 is 34.1 Å². The number of carbonyl (C=O) groups excluding carboxylic acids is 2. The van der Waals surface area contributed by atoms with Crippen molar-refractivity contribution in [2.24, 2.45) is 0 Å². The molecule has 0 saturated heterocycles. The fourth-order valence-corrected chi connectivity index (χ4v) is 3.59. The van der Waals surface area contributed by atoms with Gasteiger partial charge in [-0.15, -0.1) is 0 Å². The van der Waals surface area contributed by atoms with Crippen molar-refractivity contribution in [3.8, 4) is 5.75 Å². The van der Waals surface area contributed by atoms with Gasteiger partial charge in [0.25, 0.3) is 0 Å². The standard InChI is InChI=1S/C16H16N2O4.C14H11ClN2O3/c1-22-12-8-6-11(7-9-12)10-17-16(21)18-14-5-3-2-4-13(14)15(19)20;15-9-5-7-10(8-6-9)16-14(20)17-12-4-2-1-3-11(12)13(18)19/h2-9H,10H2,1H3,(H,19,20)(H2,17,18,21);1-8H,(H,18,19)(H2,16,17,20). The number of benzene rings is 4. The third-order valence-corrected chi connectivity index (χ3v) is 5.78. The van der Waals surface area contributed by atoms with Crippen molar-refractivity contribution in [3.63, 3.8) is 0 Å². The highest BCUT2D eigenvalue weighted by molar-refractivity contribution is 6.30. The number of carboxylic acid groups (broad SMARTS) is 2. The highest BCUT2D eigenvalue weighted by atomic mass is 35.5. The van der Waals surface area contributed by atoms with Gasteiger partial charge in [0.2, 0.25) is 0 Å². The van der Waals surface area contributed by atoms with E-state index in [-0.39, 0.29) is 22.5 Å². The topological polar surface area (TPSA) is 166 Å². The molecule has 4 aromatic rings. The number of halogens is 1. The predicted molar refractivity (Wildman–Crippen MR) is 160 cm³/mol. The van der Waals surface area contributed by atoms with Crippen LogP contribution in [0.1, 0.15) is 26.3 Å². The monoisotopic (exact) mass is 590 g/mol. The molecule has 0 aliphatic carbocycles. The number of rotatable bonds is 8. The zero-order valence-electron chi connectivity index (χ0n) is 22.3. The van der Waals surface area contributed by atoms with Gasteiger partial charge >= 0.3 is 24.0 Å². The first-order valence-corrected chi connectivity index (χ1v) is 12.7. The molecule has 11 nitrogen and oxygen atoms in total. The molecular formula is C30H27ClN4O7. The number of methoxy groups -OCH3 is 1. The number of hydrogen-bond donors (Lipinski definition) is 6. The van der Waals surface area contributed by atoms with Gasteiger partial charge in [0.1, 0.15) is 5.75 Å². The molecule has 0 fully saturated rings. The van der Waals surface area contributed by atoms with Crippen LogP contribution in [0.4, 0.5) is 26.7 Å². The Morgan fingerprint density at radius 2 is 1.17 bits per heavy atom. The second-order valence-electron chi connectivity index (χ2n) is 8.44. The maximum Gasteiger partial charge on any atom is 0.337 e. The van der Waals surface area contributed by atoms with E-state index in [4.69, 9.17) is 26.6 Å². The third-order valence-electron chi connectivity index (χ3n) is 5.53. The molecule has 42 heavy (non-hydrogen) atoms. The van der Waals surface area contributed by atoms with E-state index in [0.29, 0.717) is 17.3 Å².